The molecule has 0 aliphatic carbocycles. The van der Waals surface area contributed by atoms with E-state index >= 15 is 0 Å². The predicted molar refractivity (Wildman–Crippen MR) is 62.1 cm³/mol. The molecule has 0 saturated carbocycles. The van der Waals surface area contributed by atoms with Crippen molar-refractivity contribution in [1.29, 1.82) is 0 Å². The Balaban J connectivity index is 1.90. The van der Waals surface area contributed by atoms with Crippen molar-refractivity contribution in [2.75, 3.05) is 39.3 Å². The molecule has 2 atom stereocenters. The Labute approximate surface area is 101 Å². The fraction of sp³-hybridized carbons (Fsp3) is 0.727. The van der Waals surface area contributed by atoms with E-state index in [1.165, 1.54) is 24.4 Å². The molecule has 0 aromatic heterocycles. The first-order valence-electron chi connectivity index (χ1n) is 6.28. The summed E-state index contributed by atoms with van der Waals surface area (Å²) in [7, 11) is 0. The van der Waals surface area contributed by atoms with Gasteiger partial charge in [0.2, 0.25) is 0 Å². The van der Waals surface area contributed by atoms with Crippen molar-refractivity contribution in [3.63, 3.8) is 0 Å². The van der Waals surface area contributed by atoms with Gasteiger partial charge in [-0.15, -0.1) is 0 Å². The summed E-state index contributed by atoms with van der Waals surface area (Å²) >= 11 is 0. The van der Waals surface area contributed by atoms with Crippen LogP contribution in [0.1, 0.15) is 6.92 Å². The summed E-state index contributed by atoms with van der Waals surface area (Å²) < 4.78 is 0. The molecule has 2 amide bonds. The molecule has 2 unspecified atom stereocenters. The van der Waals surface area contributed by atoms with Gasteiger partial charge in [0, 0.05) is 0 Å². The molecule has 6 N–H and O–H groups in total. The second kappa shape index (κ2) is 3.61. The molecule has 94 valence electrons. The number of carbonyl (C=O) groups is 1. The molecule has 2 fully saturated rings. The summed E-state index contributed by atoms with van der Waals surface area (Å²) in [6, 6.07) is -0.520. The molecular weight excluding hydrogens is 218 g/mol. The first-order chi connectivity index (χ1) is 8.07. The number of nitrogens with one attached hydrogen (secondary N) is 4. The number of amides is 2. The Morgan fingerprint density at radius 1 is 1.29 bits per heavy atom. The van der Waals surface area contributed by atoms with E-state index in [-0.39, 0.29) is 5.41 Å². The molecular formula is C11H21N5O+2. The molecule has 0 radical (unpaired) electrons. The minimum Gasteiger partial charge on any atom is -0.350 e. The Kier molecular flexibility index (Phi) is 2.31. The van der Waals surface area contributed by atoms with Gasteiger partial charge in [-0.1, -0.05) is 0 Å². The number of quaternary nitrogens is 2. The van der Waals surface area contributed by atoms with Crippen LogP contribution >= 0.6 is 0 Å². The Morgan fingerprint density at radius 3 is 2.35 bits per heavy atom. The average Bonchev–Trinajstić information content (AvgIpc) is 2.44. The number of rotatable bonds is 2. The SMILES string of the molecule is CC12C[NH+]3CC[NH+](CC(=C1NNC(N)=O)C3)C2. The molecule has 6 nitrogen and oxygen atoms in total. The zero-order chi connectivity index (χ0) is 12.0. The van der Waals surface area contributed by atoms with Crippen LogP contribution in [0.3, 0.4) is 0 Å². The molecule has 0 aromatic carbocycles. The lowest BCUT2D eigenvalue weighted by Crippen LogP contribution is -3.14. The Bertz CT molecular complexity index is 373. The minimum atomic E-state index is -0.520. The lowest BCUT2D eigenvalue weighted by atomic mass is 9.78. The number of nitrogens with two attached hydrogens (primary N) is 1. The zero-order valence-corrected chi connectivity index (χ0v) is 10.2. The van der Waals surface area contributed by atoms with Crippen LogP contribution in [0.15, 0.2) is 11.3 Å². The highest BCUT2D eigenvalue weighted by Crippen LogP contribution is 2.28. The molecule has 2 saturated heterocycles. The van der Waals surface area contributed by atoms with Gasteiger partial charge in [-0.2, -0.15) is 0 Å². The van der Waals surface area contributed by atoms with E-state index < -0.39 is 6.03 Å². The van der Waals surface area contributed by atoms with Crippen molar-refractivity contribution in [3.8, 4) is 0 Å². The summed E-state index contributed by atoms with van der Waals surface area (Å²) in [5.41, 5.74) is 13.6. The van der Waals surface area contributed by atoms with Gasteiger partial charge >= 0.3 is 6.03 Å². The molecule has 17 heavy (non-hydrogen) atoms. The highest BCUT2D eigenvalue weighted by molar-refractivity contribution is 5.71. The van der Waals surface area contributed by atoms with Crippen molar-refractivity contribution in [3.05, 3.63) is 11.3 Å². The van der Waals surface area contributed by atoms with E-state index in [1.807, 2.05) is 0 Å². The third kappa shape index (κ3) is 1.77. The van der Waals surface area contributed by atoms with Gasteiger partial charge < -0.3 is 15.5 Å². The van der Waals surface area contributed by atoms with Crippen molar-refractivity contribution < 1.29 is 14.6 Å². The smallest absolute Gasteiger partial charge is 0.330 e. The normalized spacial score (nSPS) is 39.1. The van der Waals surface area contributed by atoms with Gasteiger partial charge in [0.15, 0.2) is 0 Å². The summed E-state index contributed by atoms with van der Waals surface area (Å²) in [4.78, 5) is 14.2. The number of primary amides is 1. The van der Waals surface area contributed by atoms with Gasteiger partial charge in [0.05, 0.1) is 24.4 Å². The van der Waals surface area contributed by atoms with Crippen LogP contribution in [0.25, 0.3) is 0 Å². The average molecular weight is 239 g/mol. The molecule has 4 aliphatic heterocycles. The van der Waals surface area contributed by atoms with Gasteiger partial charge in [-0.3, -0.25) is 10.9 Å². The quantitative estimate of drug-likeness (QED) is 0.321. The number of hydrogen-bond donors (Lipinski definition) is 5. The first kappa shape index (κ1) is 10.9. The van der Waals surface area contributed by atoms with Crippen LogP contribution in [0, 0.1) is 5.41 Å². The fourth-order valence-corrected chi connectivity index (χ4v) is 3.81. The molecule has 0 aromatic rings. The zero-order valence-electron chi connectivity index (χ0n) is 10.2. The third-order valence-electron chi connectivity index (χ3n) is 4.31. The van der Waals surface area contributed by atoms with Crippen molar-refractivity contribution >= 4 is 6.03 Å². The third-order valence-corrected chi connectivity index (χ3v) is 4.31. The monoisotopic (exact) mass is 239 g/mol. The molecule has 0 spiro atoms. The van der Waals surface area contributed by atoms with Crippen LogP contribution in [0.4, 0.5) is 4.79 Å². The van der Waals surface area contributed by atoms with Crippen LogP contribution in [-0.2, 0) is 0 Å². The topological polar surface area (TPSA) is 76.0 Å². The van der Waals surface area contributed by atoms with Gasteiger partial charge in [0.1, 0.15) is 31.6 Å². The second-order valence-corrected chi connectivity index (χ2v) is 5.86. The van der Waals surface area contributed by atoms with Crippen LogP contribution < -0.4 is 26.4 Å². The van der Waals surface area contributed by atoms with Gasteiger partial charge in [-0.05, 0) is 6.92 Å². The number of hydrazine groups is 1. The lowest BCUT2D eigenvalue weighted by molar-refractivity contribution is -0.918. The number of hydrogen-bond acceptors (Lipinski definition) is 2. The first-order valence-corrected chi connectivity index (χ1v) is 6.28. The highest BCUT2D eigenvalue weighted by atomic mass is 16.2. The van der Waals surface area contributed by atoms with Gasteiger partial charge in [-0.25, -0.2) is 4.79 Å². The maximum atomic E-state index is 10.8. The van der Waals surface area contributed by atoms with E-state index in [2.05, 4.69) is 17.8 Å². The predicted octanol–water partition coefficient (Wildman–Crippen LogP) is -3.77. The van der Waals surface area contributed by atoms with Crippen LogP contribution in [-0.4, -0.2) is 45.3 Å². The standard InChI is InChI=1S/C11H19N5O/c1-11-6-15-2-3-16(7-11)5-8(4-15)9(11)13-14-10(12)17/h13H,2-7H2,1H3,(H3,12,14,17)/p+2. The minimum absolute atomic E-state index is 0.162. The number of fused-ring (bicyclic) bond motifs is 1. The van der Waals surface area contributed by atoms with Crippen LogP contribution in [0.2, 0.25) is 0 Å². The van der Waals surface area contributed by atoms with E-state index in [1.54, 1.807) is 9.80 Å². The maximum Gasteiger partial charge on any atom is 0.330 e. The van der Waals surface area contributed by atoms with Crippen molar-refractivity contribution in [2.24, 2.45) is 11.1 Å². The molecule has 4 rings (SSSR count). The summed E-state index contributed by atoms with van der Waals surface area (Å²) in [5, 5.41) is 0. The molecule has 4 heterocycles. The van der Waals surface area contributed by atoms with Crippen LogP contribution in [0.5, 0.6) is 0 Å². The molecule has 4 aliphatic rings. The van der Waals surface area contributed by atoms with Crippen molar-refractivity contribution in [1.82, 2.24) is 10.9 Å². The number of urea groups is 1. The Morgan fingerprint density at radius 2 is 1.88 bits per heavy atom. The summed E-state index contributed by atoms with van der Waals surface area (Å²) in [5.74, 6) is 0. The van der Waals surface area contributed by atoms with Gasteiger partial charge in [0.25, 0.3) is 0 Å². The lowest BCUT2D eigenvalue weighted by Gasteiger charge is -2.42. The Hall–Kier alpha value is -1.27. The second-order valence-electron chi connectivity index (χ2n) is 5.86. The highest BCUT2D eigenvalue weighted by Gasteiger charge is 2.50. The van der Waals surface area contributed by atoms with Crippen molar-refractivity contribution in [2.45, 2.75) is 6.92 Å². The largest absolute Gasteiger partial charge is 0.350 e. The summed E-state index contributed by atoms with van der Waals surface area (Å²) in [6.07, 6.45) is 0. The van der Waals surface area contributed by atoms with E-state index in [0.717, 1.165) is 26.2 Å². The number of carbonyl (C=O) groups excluding carboxylic acids is 1. The molecule has 6 heteroatoms. The maximum absolute atomic E-state index is 10.8. The summed E-state index contributed by atoms with van der Waals surface area (Å²) in [6.45, 7) is 9.37. The van der Waals surface area contributed by atoms with E-state index in [4.69, 9.17) is 5.73 Å². The fourth-order valence-electron chi connectivity index (χ4n) is 3.81. The van der Waals surface area contributed by atoms with E-state index in [0.29, 0.717) is 0 Å². The van der Waals surface area contributed by atoms with E-state index in [9.17, 15) is 4.79 Å². The molecule has 4 bridgehead atoms.